The lowest BCUT2D eigenvalue weighted by molar-refractivity contribution is -0.121. The van der Waals surface area contributed by atoms with Crippen LogP contribution in [0, 0.1) is 6.92 Å². The van der Waals surface area contributed by atoms with Crippen molar-refractivity contribution in [2.24, 2.45) is 5.73 Å². The number of rotatable bonds is 4. The van der Waals surface area contributed by atoms with Crippen LogP contribution in [-0.2, 0) is 4.79 Å². The quantitative estimate of drug-likeness (QED) is 0.735. The molecule has 0 aliphatic rings. The molecular formula is C11H14ClNO3. The summed E-state index contributed by atoms with van der Waals surface area (Å²) in [7, 11) is 0. The Labute approximate surface area is 98.6 Å². The van der Waals surface area contributed by atoms with Crippen LogP contribution >= 0.6 is 11.6 Å². The number of aliphatic hydroxyl groups excluding tert-OH is 2. The fraction of sp³-hybridized carbons (Fsp3) is 0.364. The van der Waals surface area contributed by atoms with Gasteiger partial charge in [0.15, 0.2) is 0 Å². The maximum Gasteiger partial charge on any atom is 0.220 e. The van der Waals surface area contributed by atoms with Crippen LogP contribution in [0.4, 0.5) is 0 Å². The average molecular weight is 244 g/mol. The van der Waals surface area contributed by atoms with Crippen molar-refractivity contribution in [1.29, 1.82) is 0 Å². The maximum absolute atomic E-state index is 10.6. The van der Waals surface area contributed by atoms with Crippen molar-refractivity contribution in [3.63, 3.8) is 0 Å². The molecule has 2 unspecified atom stereocenters. The number of aliphatic hydroxyl groups is 2. The molecule has 1 aromatic rings. The van der Waals surface area contributed by atoms with Gasteiger partial charge in [-0.25, -0.2) is 0 Å². The number of hydrogen-bond donors (Lipinski definition) is 3. The first-order chi connectivity index (χ1) is 7.41. The Morgan fingerprint density at radius 3 is 2.62 bits per heavy atom. The SMILES string of the molecule is Cc1ccc(C(O)C(O)CC(N)=O)c(Cl)c1. The average Bonchev–Trinajstić information content (AvgIpc) is 2.15. The van der Waals surface area contributed by atoms with Crippen molar-refractivity contribution in [3.8, 4) is 0 Å². The minimum Gasteiger partial charge on any atom is -0.390 e. The largest absolute Gasteiger partial charge is 0.390 e. The molecule has 4 nitrogen and oxygen atoms in total. The second-order valence-electron chi connectivity index (χ2n) is 3.71. The lowest BCUT2D eigenvalue weighted by Crippen LogP contribution is -2.25. The molecule has 16 heavy (non-hydrogen) atoms. The summed E-state index contributed by atoms with van der Waals surface area (Å²) in [5, 5.41) is 19.7. The first-order valence-corrected chi connectivity index (χ1v) is 5.20. The molecule has 5 heteroatoms. The molecule has 4 N–H and O–H groups in total. The van der Waals surface area contributed by atoms with Gasteiger partial charge >= 0.3 is 0 Å². The van der Waals surface area contributed by atoms with E-state index in [0.717, 1.165) is 5.56 Å². The van der Waals surface area contributed by atoms with Gasteiger partial charge in [-0.1, -0.05) is 23.7 Å². The number of carbonyl (C=O) groups is 1. The number of hydrogen-bond acceptors (Lipinski definition) is 3. The van der Waals surface area contributed by atoms with Crippen LogP contribution in [0.15, 0.2) is 18.2 Å². The zero-order valence-electron chi connectivity index (χ0n) is 8.85. The fourth-order valence-corrected chi connectivity index (χ4v) is 1.74. The molecule has 0 bridgehead atoms. The first kappa shape index (κ1) is 13.0. The van der Waals surface area contributed by atoms with Gasteiger partial charge in [-0.3, -0.25) is 4.79 Å². The summed E-state index contributed by atoms with van der Waals surface area (Å²) >= 11 is 5.92. The Morgan fingerprint density at radius 2 is 2.12 bits per heavy atom. The highest BCUT2D eigenvalue weighted by atomic mass is 35.5. The molecule has 0 fully saturated rings. The van der Waals surface area contributed by atoms with E-state index in [1.807, 2.05) is 6.92 Å². The predicted molar refractivity (Wildman–Crippen MR) is 61.0 cm³/mol. The molecule has 2 atom stereocenters. The molecule has 0 heterocycles. The number of aryl methyl sites for hydroxylation is 1. The van der Waals surface area contributed by atoms with Gasteiger partial charge in [0.2, 0.25) is 5.91 Å². The van der Waals surface area contributed by atoms with Crippen molar-refractivity contribution in [1.82, 2.24) is 0 Å². The van der Waals surface area contributed by atoms with E-state index in [-0.39, 0.29) is 6.42 Å². The van der Waals surface area contributed by atoms with Gasteiger partial charge in [0.05, 0.1) is 12.5 Å². The van der Waals surface area contributed by atoms with Gasteiger partial charge in [0, 0.05) is 10.6 Å². The van der Waals surface area contributed by atoms with E-state index in [1.165, 1.54) is 0 Å². The van der Waals surface area contributed by atoms with E-state index >= 15 is 0 Å². The van der Waals surface area contributed by atoms with Gasteiger partial charge in [-0.05, 0) is 18.6 Å². The van der Waals surface area contributed by atoms with Gasteiger partial charge < -0.3 is 15.9 Å². The summed E-state index contributed by atoms with van der Waals surface area (Å²) < 4.78 is 0. The maximum atomic E-state index is 10.6. The molecule has 0 aliphatic carbocycles. The third-order valence-corrected chi connectivity index (χ3v) is 2.58. The monoisotopic (exact) mass is 243 g/mol. The lowest BCUT2D eigenvalue weighted by Gasteiger charge is -2.18. The highest BCUT2D eigenvalue weighted by Crippen LogP contribution is 2.27. The summed E-state index contributed by atoms with van der Waals surface area (Å²) in [6.07, 6.45) is -2.75. The molecule has 0 saturated carbocycles. The van der Waals surface area contributed by atoms with Crippen LogP contribution in [0.25, 0.3) is 0 Å². The third-order valence-electron chi connectivity index (χ3n) is 2.25. The minimum atomic E-state index is -1.24. The van der Waals surface area contributed by atoms with Crippen molar-refractivity contribution in [3.05, 3.63) is 34.3 Å². The smallest absolute Gasteiger partial charge is 0.220 e. The highest BCUT2D eigenvalue weighted by molar-refractivity contribution is 6.31. The molecule has 0 saturated heterocycles. The number of primary amides is 1. The van der Waals surface area contributed by atoms with Crippen LogP contribution in [0.2, 0.25) is 5.02 Å². The van der Waals surface area contributed by atoms with E-state index in [1.54, 1.807) is 18.2 Å². The standard InChI is InChI=1S/C11H14ClNO3/c1-6-2-3-7(8(12)4-6)11(16)9(14)5-10(13)15/h2-4,9,11,14,16H,5H2,1H3,(H2,13,15). The molecule has 1 amide bonds. The number of halogens is 1. The van der Waals surface area contributed by atoms with E-state index in [0.29, 0.717) is 10.6 Å². The summed E-state index contributed by atoms with van der Waals surface area (Å²) in [5.74, 6) is -0.671. The molecule has 1 aromatic carbocycles. The number of nitrogens with two attached hydrogens (primary N) is 1. The number of carbonyl (C=O) groups excluding carboxylic acids is 1. The summed E-state index contributed by atoms with van der Waals surface area (Å²) in [6.45, 7) is 1.86. The van der Waals surface area contributed by atoms with E-state index < -0.39 is 18.1 Å². The van der Waals surface area contributed by atoms with Gasteiger partial charge in [0.1, 0.15) is 6.10 Å². The Bertz CT molecular complexity index is 395. The second-order valence-corrected chi connectivity index (χ2v) is 4.11. The van der Waals surface area contributed by atoms with Crippen LogP contribution in [0.5, 0.6) is 0 Å². The van der Waals surface area contributed by atoms with Crippen molar-refractivity contribution < 1.29 is 15.0 Å². The van der Waals surface area contributed by atoms with E-state index in [9.17, 15) is 15.0 Å². The van der Waals surface area contributed by atoms with Crippen LogP contribution in [0.3, 0.4) is 0 Å². The van der Waals surface area contributed by atoms with Crippen LogP contribution in [0.1, 0.15) is 23.7 Å². The highest BCUT2D eigenvalue weighted by Gasteiger charge is 2.22. The fourth-order valence-electron chi connectivity index (χ4n) is 1.40. The van der Waals surface area contributed by atoms with Crippen molar-refractivity contribution in [2.75, 3.05) is 0 Å². The number of benzene rings is 1. The zero-order chi connectivity index (χ0) is 12.3. The first-order valence-electron chi connectivity index (χ1n) is 4.82. The Kier molecular flexibility index (Phi) is 4.29. The van der Waals surface area contributed by atoms with Crippen LogP contribution in [-0.4, -0.2) is 22.2 Å². The molecular weight excluding hydrogens is 230 g/mol. The zero-order valence-corrected chi connectivity index (χ0v) is 9.61. The van der Waals surface area contributed by atoms with Crippen molar-refractivity contribution in [2.45, 2.75) is 25.6 Å². The third kappa shape index (κ3) is 3.20. The molecule has 0 aliphatic heterocycles. The molecule has 0 spiro atoms. The molecule has 0 aromatic heterocycles. The minimum absolute atomic E-state index is 0.300. The van der Waals surface area contributed by atoms with Gasteiger partial charge in [0.25, 0.3) is 0 Å². The lowest BCUT2D eigenvalue weighted by atomic mass is 10.0. The van der Waals surface area contributed by atoms with Gasteiger partial charge in [-0.2, -0.15) is 0 Å². The Morgan fingerprint density at radius 1 is 1.50 bits per heavy atom. The van der Waals surface area contributed by atoms with Crippen LogP contribution < -0.4 is 5.73 Å². The van der Waals surface area contributed by atoms with Crippen molar-refractivity contribution >= 4 is 17.5 Å². The topological polar surface area (TPSA) is 83.6 Å². The van der Waals surface area contributed by atoms with Gasteiger partial charge in [-0.15, -0.1) is 0 Å². The van der Waals surface area contributed by atoms with E-state index in [4.69, 9.17) is 17.3 Å². The molecule has 0 radical (unpaired) electrons. The summed E-state index contributed by atoms with van der Waals surface area (Å²) in [4.78, 5) is 10.6. The predicted octanol–water partition coefficient (Wildman–Crippen LogP) is 0.918. The molecule has 88 valence electrons. The van der Waals surface area contributed by atoms with E-state index in [2.05, 4.69) is 0 Å². The molecule has 1 rings (SSSR count). The second kappa shape index (κ2) is 5.30. The number of amides is 1. The summed E-state index contributed by atoms with van der Waals surface area (Å²) in [6, 6.07) is 5.06. The Hall–Kier alpha value is -1.10. The Balaban J connectivity index is 2.87. The normalized spacial score (nSPS) is 14.5. The summed E-state index contributed by atoms with van der Waals surface area (Å²) in [5.41, 5.74) is 6.27.